The molecule has 136 valence electrons. The molecule has 0 aliphatic carbocycles. The van der Waals surface area contributed by atoms with Crippen molar-refractivity contribution in [3.8, 4) is 0 Å². The van der Waals surface area contributed by atoms with E-state index in [1.807, 2.05) is 0 Å². The van der Waals surface area contributed by atoms with Gasteiger partial charge in [0.2, 0.25) is 0 Å². The van der Waals surface area contributed by atoms with Crippen LogP contribution in [0.25, 0.3) is 0 Å². The monoisotopic (exact) mass is 334 g/mol. The Bertz CT molecular complexity index is 349. The van der Waals surface area contributed by atoms with Crippen LogP contribution in [0.3, 0.4) is 0 Å². The molecule has 1 unspecified atom stereocenters. The number of ether oxygens (including phenoxy) is 2. The van der Waals surface area contributed by atoms with Crippen LogP contribution in [0.15, 0.2) is 0 Å². The predicted molar refractivity (Wildman–Crippen MR) is 82.5 cm³/mol. The fourth-order valence-corrected chi connectivity index (χ4v) is 2.72. The van der Waals surface area contributed by atoms with Crippen molar-refractivity contribution in [1.82, 2.24) is 0 Å². The molecule has 0 amide bonds. The maximum absolute atomic E-state index is 11.9. The minimum Gasteiger partial charge on any atom is -0.427 e. The first kappa shape index (κ1) is 20.3. The lowest BCUT2D eigenvalue weighted by Crippen LogP contribution is -2.49. The highest BCUT2D eigenvalue weighted by Crippen LogP contribution is 2.32. The minimum absolute atomic E-state index is 0.158. The van der Waals surface area contributed by atoms with Gasteiger partial charge in [-0.2, -0.15) is 0 Å². The van der Waals surface area contributed by atoms with Gasteiger partial charge in [-0.25, -0.2) is 0 Å². The van der Waals surface area contributed by atoms with Gasteiger partial charge >= 0.3 is 5.97 Å². The molecule has 0 saturated carbocycles. The molecule has 0 aromatic heterocycles. The van der Waals surface area contributed by atoms with Gasteiger partial charge < -0.3 is 29.9 Å². The Kier molecular flexibility index (Phi) is 9.01. The molecule has 1 aliphatic rings. The number of carbonyl (C=O) groups is 1. The third kappa shape index (κ3) is 5.69. The Morgan fingerprint density at radius 2 is 1.70 bits per heavy atom. The number of aliphatic hydroxyl groups excluding tert-OH is 4. The predicted octanol–water partition coefficient (Wildman–Crippen LogP) is 0.472. The van der Waals surface area contributed by atoms with Gasteiger partial charge in [-0.05, 0) is 6.42 Å². The van der Waals surface area contributed by atoms with Crippen LogP contribution in [0, 0.1) is 0 Å². The van der Waals surface area contributed by atoms with Crippen molar-refractivity contribution in [3.05, 3.63) is 0 Å². The zero-order valence-electron chi connectivity index (χ0n) is 13.8. The number of hydrogen-bond donors (Lipinski definition) is 4. The van der Waals surface area contributed by atoms with Crippen molar-refractivity contribution in [2.24, 2.45) is 0 Å². The van der Waals surface area contributed by atoms with Crippen molar-refractivity contribution < 1.29 is 34.7 Å². The smallest absolute Gasteiger partial charge is 0.308 e. The molecule has 23 heavy (non-hydrogen) atoms. The summed E-state index contributed by atoms with van der Waals surface area (Å²) in [6.45, 7) is 0.824. The summed E-state index contributed by atoms with van der Waals surface area (Å²) in [5.41, 5.74) is 0. The first-order valence-corrected chi connectivity index (χ1v) is 8.48. The van der Waals surface area contributed by atoms with Gasteiger partial charge in [-0.1, -0.05) is 45.4 Å². The Morgan fingerprint density at radius 1 is 1.09 bits per heavy atom. The standard InChI is InChI=1S/C16H30O7/c1-2-3-4-5-6-7-8-9-13(19)23-16(11-18)15(21)14(20)12(10-17)22-16/h12,14-15,17-18,20-21H,2-11H2,1H3/t12-,14-,15+,16?/m1/s1. The van der Waals surface area contributed by atoms with Gasteiger partial charge in [-0.15, -0.1) is 0 Å². The Hall–Kier alpha value is -0.730. The first-order chi connectivity index (χ1) is 11.0. The van der Waals surface area contributed by atoms with Gasteiger partial charge in [0.25, 0.3) is 5.79 Å². The Labute approximate surface area is 137 Å². The third-order valence-electron chi connectivity index (χ3n) is 4.18. The molecule has 0 radical (unpaired) electrons. The molecular weight excluding hydrogens is 304 g/mol. The molecule has 0 bridgehead atoms. The van der Waals surface area contributed by atoms with Crippen molar-refractivity contribution in [1.29, 1.82) is 0 Å². The maximum atomic E-state index is 11.9. The summed E-state index contributed by atoms with van der Waals surface area (Å²) in [4.78, 5) is 11.9. The summed E-state index contributed by atoms with van der Waals surface area (Å²) in [6, 6.07) is 0. The molecule has 4 N–H and O–H groups in total. The van der Waals surface area contributed by atoms with Crippen LogP contribution in [0.2, 0.25) is 0 Å². The van der Waals surface area contributed by atoms with E-state index in [0.717, 1.165) is 19.3 Å². The molecule has 0 aromatic rings. The van der Waals surface area contributed by atoms with E-state index in [1.165, 1.54) is 19.3 Å². The summed E-state index contributed by atoms with van der Waals surface area (Å²) in [7, 11) is 0. The highest BCUT2D eigenvalue weighted by molar-refractivity contribution is 5.69. The fraction of sp³-hybridized carbons (Fsp3) is 0.938. The number of unbranched alkanes of at least 4 members (excludes halogenated alkanes) is 6. The van der Waals surface area contributed by atoms with Crippen LogP contribution in [-0.4, -0.2) is 63.7 Å². The molecular formula is C16H30O7. The second-order valence-electron chi connectivity index (χ2n) is 6.09. The van der Waals surface area contributed by atoms with E-state index < -0.39 is 43.3 Å². The number of carbonyl (C=O) groups excluding carboxylic acids is 1. The highest BCUT2D eigenvalue weighted by Gasteiger charge is 2.56. The summed E-state index contributed by atoms with van der Waals surface area (Å²) >= 11 is 0. The van der Waals surface area contributed by atoms with E-state index in [9.17, 15) is 20.1 Å². The van der Waals surface area contributed by atoms with Gasteiger partial charge in [0.05, 0.1) is 6.61 Å². The van der Waals surface area contributed by atoms with Gasteiger partial charge in [0, 0.05) is 6.42 Å². The summed E-state index contributed by atoms with van der Waals surface area (Å²) in [6.07, 6.45) is 3.46. The highest BCUT2D eigenvalue weighted by atomic mass is 16.8. The van der Waals surface area contributed by atoms with Crippen LogP contribution in [-0.2, 0) is 14.3 Å². The summed E-state index contributed by atoms with van der Waals surface area (Å²) < 4.78 is 10.2. The number of aliphatic hydroxyl groups is 4. The normalized spacial score (nSPS) is 30.6. The molecule has 1 fully saturated rings. The van der Waals surface area contributed by atoms with E-state index in [1.54, 1.807) is 0 Å². The first-order valence-electron chi connectivity index (χ1n) is 8.48. The number of rotatable bonds is 11. The second-order valence-corrected chi connectivity index (χ2v) is 6.09. The largest absolute Gasteiger partial charge is 0.427 e. The van der Waals surface area contributed by atoms with Crippen molar-refractivity contribution in [2.75, 3.05) is 13.2 Å². The fourth-order valence-electron chi connectivity index (χ4n) is 2.72. The Morgan fingerprint density at radius 3 is 2.22 bits per heavy atom. The van der Waals surface area contributed by atoms with Crippen LogP contribution < -0.4 is 0 Å². The average Bonchev–Trinajstić information content (AvgIpc) is 2.79. The van der Waals surface area contributed by atoms with Crippen molar-refractivity contribution in [3.63, 3.8) is 0 Å². The lowest BCUT2D eigenvalue weighted by Gasteiger charge is -2.29. The molecule has 7 nitrogen and oxygen atoms in total. The molecule has 1 heterocycles. The third-order valence-corrected chi connectivity index (χ3v) is 4.18. The maximum Gasteiger partial charge on any atom is 0.308 e. The lowest BCUT2D eigenvalue weighted by atomic mass is 10.1. The van der Waals surface area contributed by atoms with E-state index in [4.69, 9.17) is 14.6 Å². The van der Waals surface area contributed by atoms with Crippen LogP contribution >= 0.6 is 0 Å². The van der Waals surface area contributed by atoms with E-state index in [0.29, 0.717) is 6.42 Å². The summed E-state index contributed by atoms with van der Waals surface area (Å²) in [5, 5.41) is 38.1. The molecule has 0 aromatic carbocycles. The number of esters is 1. The van der Waals surface area contributed by atoms with Crippen LogP contribution in [0.5, 0.6) is 0 Å². The molecule has 1 rings (SSSR count). The molecule has 0 spiro atoms. The van der Waals surface area contributed by atoms with Crippen LogP contribution in [0.4, 0.5) is 0 Å². The number of hydrogen-bond acceptors (Lipinski definition) is 7. The topological polar surface area (TPSA) is 116 Å². The summed E-state index contributed by atoms with van der Waals surface area (Å²) in [5.74, 6) is -2.59. The SMILES string of the molecule is CCCCCCCCCC(=O)OC1(CO)O[C@H](CO)[C@@H](O)[C@@H]1O. The lowest BCUT2D eigenvalue weighted by molar-refractivity contribution is -0.264. The zero-order chi connectivity index (χ0) is 17.3. The van der Waals surface area contributed by atoms with Crippen molar-refractivity contribution in [2.45, 2.75) is 82.4 Å². The van der Waals surface area contributed by atoms with Crippen LogP contribution in [0.1, 0.15) is 58.3 Å². The molecule has 1 saturated heterocycles. The van der Waals surface area contributed by atoms with E-state index in [2.05, 4.69) is 6.92 Å². The van der Waals surface area contributed by atoms with Crippen molar-refractivity contribution >= 4 is 5.97 Å². The quantitative estimate of drug-likeness (QED) is 0.320. The molecule has 1 aliphatic heterocycles. The Balaban J connectivity index is 2.34. The van der Waals surface area contributed by atoms with E-state index in [-0.39, 0.29) is 6.42 Å². The average molecular weight is 334 g/mol. The van der Waals surface area contributed by atoms with Gasteiger partial charge in [0.15, 0.2) is 6.10 Å². The van der Waals surface area contributed by atoms with Gasteiger partial charge in [-0.3, -0.25) is 4.79 Å². The molecule has 4 atom stereocenters. The van der Waals surface area contributed by atoms with E-state index >= 15 is 0 Å². The minimum atomic E-state index is -2.00. The van der Waals surface area contributed by atoms with Gasteiger partial charge in [0.1, 0.15) is 18.8 Å². The second kappa shape index (κ2) is 10.2. The molecule has 7 heteroatoms. The zero-order valence-corrected chi connectivity index (χ0v) is 13.8.